The number of aromatic nitrogens is 1. The topological polar surface area (TPSA) is 64.5 Å². The van der Waals surface area contributed by atoms with Crippen LogP contribution in [0.3, 0.4) is 0 Å². The Labute approximate surface area is 117 Å². The normalized spacial score (nSPS) is 22.4. The van der Waals surface area contributed by atoms with Gasteiger partial charge in [0.05, 0.1) is 12.6 Å². The molecular formula is C13H16N3O2S+. The van der Waals surface area contributed by atoms with Gasteiger partial charge in [-0.2, -0.15) is 0 Å². The molecule has 0 radical (unpaired) electrons. The number of pyridine rings is 1. The van der Waals surface area contributed by atoms with Crippen molar-refractivity contribution in [1.82, 2.24) is 10.6 Å². The minimum absolute atomic E-state index is 0.280. The molecule has 0 saturated carbocycles. The van der Waals surface area contributed by atoms with Crippen LogP contribution in [0.25, 0.3) is 0 Å². The van der Waals surface area contributed by atoms with Crippen LogP contribution in [0, 0.1) is 5.92 Å². The van der Waals surface area contributed by atoms with Crippen LogP contribution >= 0.6 is 12.2 Å². The quantitative estimate of drug-likeness (QED) is 0.630. The van der Waals surface area contributed by atoms with Gasteiger partial charge in [-0.15, -0.1) is 0 Å². The third kappa shape index (κ3) is 2.90. The second-order valence-corrected chi connectivity index (χ2v) is 4.58. The fraction of sp³-hybridized carbons (Fsp3) is 0.308. The number of nitrogens with one attached hydrogen (secondary N) is 3. The van der Waals surface area contributed by atoms with Crippen LogP contribution in [-0.4, -0.2) is 17.7 Å². The first-order valence-corrected chi connectivity index (χ1v) is 6.43. The fourth-order valence-electron chi connectivity index (χ4n) is 2.07. The van der Waals surface area contributed by atoms with Crippen LogP contribution in [-0.2, 0) is 9.53 Å². The average Bonchev–Trinajstić information content (AvgIpc) is 2.39. The Bertz CT molecular complexity index is 504. The van der Waals surface area contributed by atoms with E-state index in [0.717, 1.165) is 5.56 Å². The van der Waals surface area contributed by atoms with Crippen molar-refractivity contribution in [2.45, 2.75) is 13.0 Å². The van der Waals surface area contributed by atoms with Gasteiger partial charge in [0.15, 0.2) is 17.5 Å². The Morgan fingerprint density at radius 3 is 3.05 bits per heavy atom. The molecule has 1 saturated heterocycles. The molecule has 1 aromatic rings. The van der Waals surface area contributed by atoms with Gasteiger partial charge >= 0.3 is 5.97 Å². The van der Waals surface area contributed by atoms with Gasteiger partial charge in [-0.25, -0.2) is 4.98 Å². The molecule has 1 aromatic heterocycles. The van der Waals surface area contributed by atoms with Crippen molar-refractivity contribution in [1.29, 1.82) is 0 Å². The smallest absolute Gasteiger partial charge is 0.317 e. The lowest BCUT2D eigenvalue weighted by atomic mass is 9.90. The molecule has 19 heavy (non-hydrogen) atoms. The molecule has 2 rings (SSSR count). The first kappa shape index (κ1) is 13.5. The number of esters is 1. The van der Waals surface area contributed by atoms with Crippen LogP contribution < -0.4 is 15.6 Å². The lowest BCUT2D eigenvalue weighted by Crippen LogP contribution is -2.51. The summed E-state index contributed by atoms with van der Waals surface area (Å²) in [6.07, 6.45) is 3.63. The van der Waals surface area contributed by atoms with Gasteiger partial charge in [-0.05, 0) is 25.2 Å². The summed E-state index contributed by atoms with van der Waals surface area (Å²) >= 11 is 5.12. The first-order chi connectivity index (χ1) is 9.13. The minimum Gasteiger partial charge on any atom is -0.465 e. The van der Waals surface area contributed by atoms with Crippen molar-refractivity contribution < 1.29 is 14.5 Å². The number of carbonyl (C=O) groups is 1. The number of H-pyrrole nitrogens is 1. The second kappa shape index (κ2) is 5.79. The van der Waals surface area contributed by atoms with E-state index in [9.17, 15) is 4.79 Å². The summed E-state index contributed by atoms with van der Waals surface area (Å²) in [5.74, 6) is -0.827. The fourth-order valence-corrected chi connectivity index (χ4v) is 2.33. The zero-order valence-corrected chi connectivity index (χ0v) is 11.4. The largest absolute Gasteiger partial charge is 0.465 e. The van der Waals surface area contributed by atoms with Crippen LogP contribution in [0.15, 0.2) is 36.8 Å². The molecule has 0 aromatic carbocycles. The summed E-state index contributed by atoms with van der Waals surface area (Å²) in [6, 6.07) is 3.51. The molecule has 6 heteroatoms. The molecule has 2 atom stereocenters. The Morgan fingerprint density at radius 1 is 1.63 bits per heavy atom. The molecule has 5 nitrogen and oxygen atoms in total. The van der Waals surface area contributed by atoms with Crippen LogP contribution in [0.4, 0.5) is 0 Å². The molecule has 1 fully saturated rings. The van der Waals surface area contributed by atoms with Gasteiger partial charge in [-0.3, -0.25) is 4.79 Å². The Hall–Kier alpha value is -1.95. The Morgan fingerprint density at radius 2 is 2.42 bits per heavy atom. The lowest BCUT2D eigenvalue weighted by Gasteiger charge is -2.33. The molecule has 1 aliphatic rings. The maximum absolute atomic E-state index is 12.1. The van der Waals surface area contributed by atoms with Crippen molar-refractivity contribution in [3.8, 4) is 0 Å². The van der Waals surface area contributed by atoms with Gasteiger partial charge < -0.3 is 15.4 Å². The first-order valence-electron chi connectivity index (χ1n) is 6.02. The summed E-state index contributed by atoms with van der Waals surface area (Å²) in [5.41, 5.74) is 1.47. The lowest BCUT2D eigenvalue weighted by molar-refractivity contribution is -0.378. The van der Waals surface area contributed by atoms with Crippen molar-refractivity contribution >= 4 is 23.3 Å². The number of carbonyl (C=O) groups excluding carboxylic acids is 1. The maximum atomic E-state index is 12.1. The molecule has 0 amide bonds. The predicted octanol–water partition coefficient (Wildman–Crippen LogP) is 0.712. The molecule has 2 heterocycles. The van der Waals surface area contributed by atoms with Gasteiger partial charge in [0, 0.05) is 17.3 Å². The Balaban J connectivity index is 2.32. The number of hydrogen-bond acceptors (Lipinski definition) is 3. The predicted molar refractivity (Wildman–Crippen MR) is 73.9 cm³/mol. The van der Waals surface area contributed by atoms with Crippen molar-refractivity contribution in [3.63, 3.8) is 0 Å². The third-order valence-corrected chi connectivity index (χ3v) is 3.12. The Kier molecular flexibility index (Phi) is 4.11. The molecule has 0 aliphatic carbocycles. The summed E-state index contributed by atoms with van der Waals surface area (Å²) in [4.78, 5) is 15.1. The van der Waals surface area contributed by atoms with Crippen molar-refractivity contribution in [3.05, 3.63) is 42.4 Å². The van der Waals surface area contributed by atoms with E-state index in [4.69, 9.17) is 17.0 Å². The number of aromatic amines is 1. The van der Waals surface area contributed by atoms with Gasteiger partial charge in [0.2, 0.25) is 0 Å². The number of thiocarbonyl (C=S) groups is 1. The highest BCUT2D eigenvalue weighted by molar-refractivity contribution is 7.80. The molecule has 100 valence electrons. The highest BCUT2D eigenvalue weighted by Gasteiger charge is 2.38. The van der Waals surface area contributed by atoms with Gasteiger partial charge in [0.25, 0.3) is 0 Å². The highest BCUT2D eigenvalue weighted by atomic mass is 32.1. The second-order valence-electron chi connectivity index (χ2n) is 4.17. The molecule has 0 spiro atoms. The monoisotopic (exact) mass is 278 g/mol. The van der Waals surface area contributed by atoms with Crippen LogP contribution in [0.2, 0.25) is 0 Å². The molecular weight excluding hydrogens is 262 g/mol. The zero-order valence-electron chi connectivity index (χ0n) is 10.6. The van der Waals surface area contributed by atoms with Gasteiger partial charge in [-0.1, -0.05) is 6.58 Å². The third-order valence-electron chi connectivity index (χ3n) is 2.90. The van der Waals surface area contributed by atoms with E-state index in [1.807, 2.05) is 18.3 Å². The molecule has 0 bridgehead atoms. The van der Waals surface area contributed by atoms with E-state index in [2.05, 4.69) is 22.2 Å². The number of ether oxygens (including phenoxy) is 1. The van der Waals surface area contributed by atoms with Gasteiger partial charge in [0.1, 0.15) is 5.92 Å². The van der Waals surface area contributed by atoms with Crippen molar-refractivity contribution in [2.75, 3.05) is 6.61 Å². The molecule has 1 aliphatic heterocycles. The summed E-state index contributed by atoms with van der Waals surface area (Å²) in [6.45, 7) is 5.99. The number of hydrogen-bond donors (Lipinski definition) is 2. The standard InChI is InChI=1S/C13H15N3O2S/c1-3-18-12(17)10-8(2)15-13(19)16-11(10)9-5-4-6-14-7-9/h4-7,10-11H,2-3H2,1H3,(H2,15,16,19)/p+1. The average molecular weight is 278 g/mol. The van der Waals surface area contributed by atoms with E-state index in [1.54, 1.807) is 13.1 Å². The molecule has 3 N–H and O–H groups in total. The maximum Gasteiger partial charge on any atom is 0.317 e. The highest BCUT2D eigenvalue weighted by Crippen LogP contribution is 2.29. The summed E-state index contributed by atoms with van der Waals surface area (Å²) < 4.78 is 5.11. The van der Waals surface area contributed by atoms with E-state index in [1.165, 1.54) is 0 Å². The summed E-state index contributed by atoms with van der Waals surface area (Å²) in [5, 5.41) is 6.43. The van der Waals surface area contributed by atoms with E-state index in [-0.39, 0.29) is 12.0 Å². The summed E-state index contributed by atoms with van der Waals surface area (Å²) in [7, 11) is 0. The van der Waals surface area contributed by atoms with E-state index >= 15 is 0 Å². The number of rotatable bonds is 3. The zero-order chi connectivity index (χ0) is 13.8. The van der Waals surface area contributed by atoms with E-state index < -0.39 is 5.92 Å². The SMILES string of the molecule is C=C1NC(=S)NC(c2ccc[nH+]c2)C1C(=O)OCC. The van der Waals surface area contributed by atoms with Crippen LogP contribution in [0.5, 0.6) is 0 Å². The van der Waals surface area contributed by atoms with Crippen molar-refractivity contribution in [2.24, 2.45) is 5.92 Å². The van der Waals surface area contributed by atoms with E-state index in [0.29, 0.717) is 17.4 Å². The minimum atomic E-state index is -0.512. The van der Waals surface area contributed by atoms with Crippen LogP contribution in [0.1, 0.15) is 18.5 Å². The molecule has 2 unspecified atom stereocenters.